The minimum Gasteiger partial charge on any atom is -0.458 e. The smallest absolute Gasteiger partial charge is 0.332 e. The first-order valence-electron chi connectivity index (χ1n) is 39.5. The molecule has 2 aliphatic rings. The van der Waals surface area contributed by atoms with Crippen molar-refractivity contribution in [3.8, 4) is 44.5 Å². The third-order valence-corrected chi connectivity index (χ3v) is 16.9. The second-order valence-corrected chi connectivity index (χ2v) is 28.6. The summed E-state index contributed by atoms with van der Waals surface area (Å²) < 4.78 is 87.1. The predicted molar refractivity (Wildman–Crippen MR) is 447 cm³/mol. The molecule has 0 unspecified atom stereocenters. The maximum absolute atomic E-state index is 13.2. The number of aromatic nitrogens is 4. The van der Waals surface area contributed by atoms with Crippen LogP contribution >= 0.6 is 0 Å². The predicted octanol–water partition coefficient (Wildman–Crippen LogP) is 10.3. The Kier molecular flexibility index (Phi) is 39.2. The van der Waals surface area contributed by atoms with Crippen LogP contribution in [-0.2, 0) is 105 Å². The fourth-order valence-electron chi connectivity index (χ4n) is 11.8. The number of carbonyl (C=O) groups is 6. The van der Waals surface area contributed by atoms with Crippen LogP contribution in [0.25, 0.3) is 90.9 Å². The Hall–Kier alpha value is -10.3. The molecule has 8 bridgehead atoms. The molecule has 4 aromatic carbocycles. The van der Waals surface area contributed by atoms with Crippen molar-refractivity contribution in [1.29, 1.82) is 0 Å². The molecule has 0 fully saturated rings. The first-order valence-corrected chi connectivity index (χ1v) is 39.5. The summed E-state index contributed by atoms with van der Waals surface area (Å²) in [6.45, 7) is 17.4. The van der Waals surface area contributed by atoms with Crippen molar-refractivity contribution in [2.45, 2.75) is 52.7 Å². The van der Waals surface area contributed by atoms with E-state index in [-0.39, 0.29) is 79.2 Å². The lowest BCUT2D eigenvalue weighted by molar-refractivity contribution is -0.161. The van der Waals surface area contributed by atoms with Crippen LogP contribution in [0.5, 0.6) is 0 Å². The molecular formula is C88H110N8O22. The van der Waals surface area contributed by atoms with Crippen molar-refractivity contribution in [2.24, 2.45) is 0 Å². The number of anilines is 2. The number of nitrogens with one attached hydrogen (secondary N) is 6. The van der Waals surface area contributed by atoms with Crippen molar-refractivity contribution < 1.29 is 105 Å². The van der Waals surface area contributed by atoms with E-state index >= 15 is 0 Å². The van der Waals surface area contributed by atoms with Gasteiger partial charge >= 0.3 is 11.9 Å². The number of amides is 4. The molecule has 0 saturated heterocycles. The zero-order valence-electron chi connectivity index (χ0n) is 68.1. The van der Waals surface area contributed by atoms with E-state index in [1.54, 1.807) is 65.8 Å². The molecule has 0 radical (unpaired) electrons. The van der Waals surface area contributed by atoms with Crippen molar-refractivity contribution >= 4 is 93.3 Å². The third kappa shape index (κ3) is 33.6. The van der Waals surface area contributed by atoms with Gasteiger partial charge in [-0.3, -0.25) is 19.2 Å². The van der Waals surface area contributed by atoms with E-state index in [4.69, 9.17) is 85.8 Å². The topological polar surface area (TPSA) is 356 Å². The Morgan fingerprint density at radius 1 is 0.280 bits per heavy atom. The fraction of sp³-hybridized carbons (Fsp3) is 0.432. The summed E-state index contributed by atoms with van der Waals surface area (Å²) >= 11 is 0. The van der Waals surface area contributed by atoms with Crippen molar-refractivity contribution in [3.63, 3.8) is 0 Å². The molecule has 9 rings (SSSR count). The summed E-state index contributed by atoms with van der Waals surface area (Å²) in [5.74, 6) is -2.55. The van der Waals surface area contributed by atoms with E-state index in [1.807, 2.05) is 109 Å². The molecular weight excluding hydrogens is 1520 g/mol. The Morgan fingerprint density at radius 2 is 0.525 bits per heavy atom. The van der Waals surface area contributed by atoms with Gasteiger partial charge in [0.1, 0.15) is 50.8 Å². The van der Waals surface area contributed by atoms with E-state index in [0.29, 0.717) is 142 Å². The van der Waals surface area contributed by atoms with E-state index < -0.39 is 46.8 Å². The molecule has 0 saturated carbocycles. The Morgan fingerprint density at radius 3 is 0.797 bits per heavy atom. The Labute approximate surface area is 687 Å². The lowest BCUT2D eigenvalue weighted by Gasteiger charge is -2.19. The molecule has 6 N–H and O–H groups in total. The highest BCUT2D eigenvalue weighted by Crippen LogP contribution is 2.39. The second kappa shape index (κ2) is 50.5. The van der Waals surface area contributed by atoms with E-state index in [9.17, 15) is 28.8 Å². The maximum Gasteiger partial charge on any atom is 0.332 e. The van der Waals surface area contributed by atoms with Crippen molar-refractivity contribution in [3.05, 3.63) is 156 Å². The first kappa shape index (κ1) is 91.6. The van der Waals surface area contributed by atoms with E-state index in [2.05, 4.69) is 55.5 Å². The van der Waals surface area contributed by atoms with Gasteiger partial charge in [0.05, 0.1) is 168 Å². The van der Waals surface area contributed by atoms with Crippen molar-refractivity contribution in [1.82, 2.24) is 30.6 Å². The zero-order chi connectivity index (χ0) is 83.4. The number of hydrogen-bond donors (Lipinski definition) is 6. The highest BCUT2D eigenvalue weighted by atomic mass is 16.6. The van der Waals surface area contributed by atoms with Crippen LogP contribution in [0.15, 0.2) is 133 Å². The number of nitrogens with zero attached hydrogens (tertiary/aromatic N) is 2. The number of H-pyrrole nitrogens is 2. The fourth-order valence-corrected chi connectivity index (χ4v) is 11.8. The van der Waals surface area contributed by atoms with Crippen molar-refractivity contribution in [2.75, 3.05) is 209 Å². The number of fused-ring (bicyclic) bond motifs is 8. The number of rotatable bonds is 54. The molecule has 0 aliphatic carbocycles. The number of carbonyl (C=O) groups excluding carboxylic acids is 6. The Balaban J connectivity index is 0.736. The average molecular weight is 1630 g/mol. The molecule has 3 aromatic heterocycles. The Bertz CT molecular complexity index is 4230. The van der Waals surface area contributed by atoms with Crippen LogP contribution in [0.1, 0.15) is 64.3 Å². The quantitative estimate of drug-likeness (QED) is 0.0152. The third-order valence-electron chi connectivity index (χ3n) is 16.9. The van der Waals surface area contributed by atoms with Crippen LogP contribution in [0, 0.1) is 0 Å². The van der Waals surface area contributed by atoms with E-state index in [1.165, 1.54) is 0 Å². The maximum atomic E-state index is 13.2. The normalized spacial score (nSPS) is 11.9. The number of benzene rings is 4. The van der Waals surface area contributed by atoms with Gasteiger partial charge < -0.3 is 107 Å². The lowest BCUT2D eigenvalue weighted by Crippen LogP contribution is -2.32. The molecule has 30 nitrogen and oxygen atoms in total. The summed E-state index contributed by atoms with van der Waals surface area (Å²) in [7, 11) is 0. The van der Waals surface area contributed by atoms with Crippen LogP contribution in [0.3, 0.4) is 0 Å². The average Bonchev–Trinajstić information content (AvgIpc) is 1.61. The zero-order valence-corrected chi connectivity index (χ0v) is 68.1. The van der Waals surface area contributed by atoms with Gasteiger partial charge in [-0.2, -0.15) is 0 Å². The van der Waals surface area contributed by atoms with Gasteiger partial charge in [0.15, 0.2) is 0 Å². The summed E-state index contributed by atoms with van der Waals surface area (Å²) in [4.78, 5) is 93.4. The number of hydrogen-bond acceptors (Lipinski definition) is 24. The molecule has 4 amide bonds. The van der Waals surface area contributed by atoms with Gasteiger partial charge in [-0.15, -0.1) is 0 Å². The highest BCUT2D eigenvalue weighted by Gasteiger charge is 2.22. The largest absolute Gasteiger partial charge is 0.458 e. The van der Waals surface area contributed by atoms with Gasteiger partial charge in [0.2, 0.25) is 23.6 Å². The summed E-state index contributed by atoms with van der Waals surface area (Å²) in [6.07, 6.45) is 8.05. The number of esters is 2. The lowest BCUT2D eigenvalue weighted by atomic mass is 10.0. The molecule has 118 heavy (non-hydrogen) atoms. The highest BCUT2D eigenvalue weighted by molar-refractivity contribution is 6.01. The monoisotopic (exact) mass is 1630 g/mol. The number of ether oxygens (including phenoxy) is 16. The van der Waals surface area contributed by atoms with Crippen LogP contribution < -0.4 is 21.3 Å². The molecule has 30 heteroatoms. The van der Waals surface area contributed by atoms with Crippen LogP contribution in [0.2, 0.25) is 0 Å². The van der Waals surface area contributed by atoms with Gasteiger partial charge in [0.25, 0.3) is 0 Å². The summed E-state index contributed by atoms with van der Waals surface area (Å²) in [6, 6.07) is 43.3. The molecule has 0 spiro atoms. The van der Waals surface area contributed by atoms with Gasteiger partial charge in [-0.05, 0) is 137 Å². The van der Waals surface area contributed by atoms with Gasteiger partial charge in [-0.25, -0.2) is 19.6 Å². The first-order chi connectivity index (χ1) is 57.3. The minimum absolute atomic E-state index is 0.123. The molecule has 634 valence electrons. The molecule has 7 aromatic rings. The summed E-state index contributed by atoms with van der Waals surface area (Å²) in [5.41, 5.74) is 12.7. The minimum atomic E-state index is -0.553. The second-order valence-electron chi connectivity index (χ2n) is 28.6. The van der Waals surface area contributed by atoms with E-state index in [0.717, 1.165) is 78.0 Å². The van der Waals surface area contributed by atoms with Gasteiger partial charge in [-0.1, -0.05) is 84.9 Å². The SMILES string of the molecule is CC(C)(C)OC(=O)COCCOCCOCCOCCOCCOCCNC(=O)COCC(=O)Nc1ccc(-c2c3nc(c(-c4ccc(NC(=O)COCC(=O)NCCOCCOCCOCCOCCOCCOCC(=O)OC(C)(C)C)cc4)c4ccc([nH]4)c(-c4ccccc4)c4nc(c(-c5ccccc5)c5ccc2[nH]5)C=C4)C=C3)cc1. The standard InChI is InChI=1S/C88H110N8O22/c1-87(2,3)117-81(101)61-113-55-53-111-51-49-109-47-45-107-43-41-105-39-37-103-35-33-89-77(97)57-115-59-79(99)91-67-21-17-65(18-22-67)85-73-29-27-71(94-73)83(63-13-9-7-10-14-63)69-25-26-70(93-69)84(64-15-11-8-12-16-64)72-28-30-74(95-72)86(76-32-31-75(85)96-76)66-19-23-68(24-20-66)92-80(100)60-116-58-78(98)90-34-36-104-38-40-106-42-44-108-46-48-110-50-52-112-54-56-114-62-82(102)118-88(4,5)6/h7-32,94-95H,33-62H2,1-6H3,(H,89,97)(H,90,98)(H,91,99)(H,92,100). The van der Waals surface area contributed by atoms with Gasteiger partial charge in [0, 0.05) is 68.8 Å². The van der Waals surface area contributed by atoms with Crippen LogP contribution in [-0.4, -0.2) is 265 Å². The molecule has 5 heterocycles. The summed E-state index contributed by atoms with van der Waals surface area (Å²) in [5, 5.41) is 11.2. The molecule has 2 aliphatic heterocycles. The molecule has 0 atom stereocenters. The van der Waals surface area contributed by atoms with Crippen LogP contribution in [0.4, 0.5) is 11.4 Å². The number of aromatic amines is 2.